The second-order valence-corrected chi connectivity index (χ2v) is 14.9. The maximum atomic E-state index is 12.5. The smallest absolute Gasteiger partial charge is 0.496 e. The number of aromatic nitrogens is 3. The number of hydrogen-bond donors (Lipinski definition) is 0. The number of rotatable bonds is 13. The molecular formula is C31H33N4NaO13S3. The van der Waals surface area contributed by atoms with Crippen LogP contribution in [0.2, 0.25) is 0 Å². The first-order valence-electron chi connectivity index (χ1n) is 14.4. The third kappa shape index (κ3) is 10.7. The standard InChI is InChI=1S/C19H20O6S.C12H14N4O7S2.Na/c1-24-12-15(20)11-14-7-9-16(10-8-14)26(22,23)13-18(21)17-5-3-4-6-19(17)25-2;1-6-8(7(5-24-6)9(17)22-3)25(20,21)14-10(18)16-12(19)15(2)11(13-16)23-4;/h3-10H,11-13H2,1-2H3;5H,1-4H3,(H,14,18);/q;;+1/p-1. The van der Waals surface area contributed by atoms with E-state index in [1.807, 2.05) is 0 Å². The Kier molecular flexibility index (Phi) is 16.1. The average Bonchev–Trinajstić information content (AvgIpc) is 3.63. The summed E-state index contributed by atoms with van der Waals surface area (Å²) in [4.78, 5) is 59.4. The Bertz CT molecular complexity index is 2210. The summed E-state index contributed by atoms with van der Waals surface area (Å²) in [6, 6.07) is 10.8. The molecule has 0 saturated heterocycles. The zero-order chi connectivity index (χ0) is 38.1. The number of nitrogens with zero attached hydrogens (tertiary/aromatic N) is 4. The molecule has 1 amide bonds. The van der Waals surface area contributed by atoms with Crippen molar-refractivity contribution < 1.29 is 84.5 Å². The summed E-state index contributed by atoms with van der Waals surface area (Å²) in [5.41, 5.74) is -0.272. The molecule has 0 aliphatic rings. The Morgan fingerprint density at radius 1 is 0.904 bits per heavy atom. The SMILES string of the molecule is COC(=O)c1csc(C)c1S(=O)(=O)[N-]C(=O)n1nc(OC)n(C)c1=O.COCC(=O)Cc1ccc(S(=O)(=O)CC(=O)c2ccccc2OC)cc1.[Na+]. The molecule has 0 radical (unpaired) electrons. The zero-order valence-electron chi connectivity index (χ0n) is 29.1. The Balaban J connectivity index is 0.000000354. The fraction of sp³-hybridized carbons (Fsp3) is 0.290. The molecule has 21 heteroatoms. The van der Waals surface area contributed by atoms with Crippen LogP contribution in [0.3, 0.4) is 0 Å². The molecule has 0 aliphatic heterocycles. The Hall–Kier alpha value is -4.18. The number of sulfonamides is 1. The Morgan fingerprint density at radius 3 is 2.10 bits per heavy atom. The van der Waals surface area contributed by atoms with Gasteiger partial charge in [0.25, 0.3) is 11.7 Å². The van der Waals surface area contributed by atoms with Gasteiger partial charge in [0.1, 0.15) is 18.1 Å². The van der Waals surface area contributed by atoms with E-state index in [1.165, 1.54) is 58.9 Å². The Labute approximate surface area is 325 Å². The van der Waals surface area contributed by atoms with Crippen molar-refractivity contribution in [3.05, 3.63) is 90.7 Å². The van der Waals surface area contributed by atoms with Crippen LogP contribution < -0.4 is 44.7 Å². The van der Waals surface area contributed by atoms with Crippen molar-refractivity contribution in [2.24, 2.45) is 7.05 Å². The number of para-hydroxylation sites is 1. The number of methoxy groups -OCH3 is 4. The topological polar surface area (TPSA) is 227 Å². The third-order valence-corrected chi connectivity index (χ3v) is 10.9. The normalized spacial score (nSPS) is 11.0. The summed E-state index contributed by atoms with van der Waals surface area (Å²) >= 11 is 0.978. The van der Waals surface area contributed by atoms with Crippen LogP contribution >= 0.6 is 11.3 Å². The van der Waals surface area contributed by atoms with Crippen molar-refractivity contribution in [1.29, 1.82) is 0 Å². The molecule has 0 saturated carbocycles. The molecule has 0 bridgehead atoms. The van der Waals surface area contributed by atoms with Crippen LogP contribution in [0, 0.1) is 6.92 Å². The number of ether oxygens (including phenoxy) is 4. The summed E-state index contributed by atoms with van der Waals surface area (Å²) in [6.07, 6.45) is 0.161. The Morgan fingerprint density at radius 2 is 1.54 bits per heavy atom. The molecule has 0 unspecified atom stereocenters. The van der Waals surface area contributed by atoms with Gasteiger partial charge in [-0.15, -0.1) is 11.3 Å². The number of carbonyl (C=O) groups excluding carboxylic acids is 4. The van der Waals surface area contributed by atoms with E-state index in [0.29, 0.717) is 11.3 Å². The van der Waals surface area contributed by atoms with E-state index < -0.39 is 54.0 Å². The molecule has 0 fully saturated rings. The second-order valence-electron chi connectivity index (χ2n) is 10.3. The van der Waals surface area contributed by atoms with Crippen LogP contribution in [-0.2, 0) is 47.6 Å². The van der Waals surface area contributed by atoms with E-state index in [1.54, 1.807) is 30.3 Å². The van der Waals surface area contributed by atoms with Crippen LogP contribution in [0.5, 0.6) is 11.8 Å². The van der Waals surface area contributed by atoms with E-state index in [4.69, 9.17) is 14.2 Å². The number of benzene rings is 2. The molecule has 17 nitrogen and oxygen atoms in total. The maximum absolute atomic E-state index is 12.5. The quantitative estimate of drug-likeness (QED) is 0.0954. The number of sulfone groups is 1. The predicted molar refractivity (Wildman–Crippen MR) is 182 cm³/mol. The first-order valence-corrected chi connectivity index (χ1v) is 18.4. The zero-order valence-corrected chi connectivity index (χ0v) is 33.6. The van der Waals surface area contributed by atoms with Crippen LogP contribution in [0.15, 0.2) is 68.5 Å². The number of amides is 1. The fourth-order valence-electron chi connectivity index (χ4n) is 4.39. The van der Waals surface area contributed by atoms with Crippen molar-refractivity contribution in [1.82, 2.24) is 14.3 Å². The van der Waals surface area contributed by atoms with Gasteiger partial charge in [0.15, 0.2) is 27.4 Å². The molecule has 4 rings (SSSR count). The number of ketones is 2. The molecule has 274 valence electrons. The van der Waals surface area contributed by atoms with E-state index in [0.717, 1.165) is 23.0 Å². The van der Waals surface area contributed by atoms with Crippen molar-refractivity contribution >= 4 is 54.8 Å². The van der Waals surface area contributed by atoms with Gasteiger partial charge in [0.05, 0.1) is 42.2 Å². The first kappa shape index (κ1) is 44.0. The van der Waals surface area contributed by atoms with Crippen LogP contribution in [0.4, 0.5) is 4.79 Å². The molecule has 0 aliphatic carbocycles. The summed E-state index contributed by atoms with van der Waals surface area (Å²) < 4.78 is 73.3. The molecule has 4 aromatic rings. The minimum absolute atomic E-state index is 0. The number of carbonyl (C=O) groups is 4. The van der Waals surface area contributed by atoms with Crippen LogP contribution in [-0.4, -0.2) is 95.5 Å². The van der Waals surface area contributed by atoms with Gasteiger partial charge in [0, 0.05) is 30.8 Å². The minimum atomic E-state index is -4.57. The summed E-state index contributed by atoms with van der Waals surface area (Å²) in [7, 11) is -1.92. The maximum Gasteiger partial charge on any atom is 1.00 e. The van der Waals surface area contributed by atoms with Gasteiger partial charge < -0.3 is 23.7 Å². The van der Waals surface area contributed by atoms with E-state index in [9.17, 15) is 40.8 Å². The number of hydrogen-bond acceptors (Lipinski definition) is 15. The molecule has 52 heavy (non-hydrogen) atoms. The number of aryl methyl sites for hydroxylation is 1. The number of esters is 1. The summed E-state index contributed by atoms with van der Waals surface area (Å²) in [5.74, 6) is -1.85. The first-order chi connectivity index (χ1) is 24.0. The monoisotopic (exact) mass is 788 g/mol. The molecular weight excluding hydrogens is 756 g/mol. The minimum Gasteiger partial charge on any atom is -0.496 e. The summed E-state index contributed by atoms with van der Waals surface area (Å²) in [6.45, 7) is 1.45. The summed E-state index contributed by atoms with van der Waals surface area (Å²) in [5, 5.41) is 4.82. The molecule has 2 heterocycles. The van der Waals surface area contributed by atoms with E-state index in [2.05, 4.69) is 14.6 Å². The van der Waals surface area contributed by atoms with E-state index in [-0.39, 0.29) is 80.0 Å². The van der Waals surface area contributed by atoms with Gasteiger partial charge in [-0.2, -0.15) is 5.10 Å². The molecule has 0 atom stereocenters. The molecule has 2 aromatic carbocycles. The van der Waals surface area contributed by atoms with Gasteiger partial charge >= 0.3 is 35.5 Å². The molecule has 0 spiro atoms. The number of thiophene rings is 1. The van der Waals surface area contributed by atoms with Gasteiger partial charge in [-0.1, -0.05) is 24.3 Å². The van der Waals surface area contributed by atoms with Gasteiger partial charge in [-0.3, -0.25) is 28.4 Å². The van der Waals surface area contributed by atoms with Crippen molar-refractivity contribution in [2.75, 3.05) is 40.8 Å². The largest absolute Gasteiger partial charge is 1.00 e. The number of Topliss-reactive ketones (excluding diaryl/α,β-unsaturated/α-hetero) is 2. The predicted octanol–water partition coefficient (Wildman–Crippen LogP) is -0.409. The average molecular weight is 789 g/mol. The van der Waals surface area contributed by atoms with Gasteiger partial charge in [-0.05, 0) is 36.8 Å². The van der Waals surface area contributed by atoms with Gasteiger partial charge in [-0.25, -0.2) is 21.6 Å². The van der Waals surface area contributed by atoms with Crippen molar-refractivity contribution in [3.63, 3.8) is 0 Å². The molecule has 2 aromatic heterocycles. The fourth-order valence-corrected chi connectivity index (χ4v) is 8.02. The van der Waals surface area contributed by atoms with Gasteiger partial charge in [0.2, 0.25) is 10.0 Å². The van der Waals surface area contributed by atoms with Crippen LogP contribution in [0.25, 0.3) is 4.72 Å². The van der Waals surface area contributed by atoms with Crippen LogP contribution in [0.1, 0.15) is 31.2 Å². The second kappa shape index (κ2) is 19.1. The van der Waals surface area contributed by atoms with Crippen molar-refractivity contribution in [3.8, 4) is 11.8 Å². The van der Waals surface area contributed by atoms with E-state index >= 15 is 0 Å². The van der Waals surface area contributed by atoms with Crippen molar-refractivity contribution in [2.45, 2.75) is 23.1 Å². The molecule has 0 N–H and O–H groups in total. The third-order valence-electron chi connectivity index (χ3n) is 6.80.